The molecule has 1 aromatic rings. The fourth-order valence-corrected chi connectivity index (χ4v) is 4.55. The molecule has 3 fully saturated rings. The van der Waals surface area contributed by atoms with E-state index in [9.17, 15) is 4.79 Å². The molecule has 26 heavy (non-hydrogen) atoms. The van der Waals surface area contributed by atoms with Gasteiger partial charge in [-0.05, 0) is 38.8 Å². The average molecular weight is 358 g/mol. The summed E-state index contributed by atoms with van der Waals surface area (Å²) >= 11 is 0. The van der Waals surface area contributed by atoms with E-state index in [-0.39, 0.29) is 11.4 Å². The van der Waals surface area contributed by atoms with Gasteiger partial charge in [-0.3, -0.25) is 19.7 Å². The predicted octanol–water partition coefficient (Wildman–Crippen LogP) is 1.97. The molecule has 3 heterocycles. The zero-order chi connectivity index (χ0) is 18.1. The zero-order valence-electron chi connectivity index (χ0n) is 15.9. The Kier molecular flexibility index (Phi) is 4.88. The summed E-state index contributed by atoms with van der Waals surface area (Å²) in [6, 6.07) is 2.26. The minimum Gasteiger partial charge on any atom is -0.339 e. The third-order valence-corrected chi connectivity index (χ3v) is 6.47. The van der Waals surface area contributed by atoms with Crippen molar-refractivity contribution in [2.45, 2.75) is 50.1 Å². The Morgan fingerprint density at radius 2 is 2.19 bits per heavy atom. The van der Waals surface area contributed by atoms with Gasteiger partial charge in [0.25, 0.3) is 0 Å². The largest absolute Gasteiger partial charge is 0.339 e. The summed E-state index contributed by atoms with van der Waals surface area (Å²) < 4.78 is 0. The molecule has 1 aliphatic carbocycles. The van der Waals surface area contributed by atoms with E-state index < -0.39 is 0 Å². The van der Waals surface area contributed by atoms with Crippen LogP contribution >= 0.6 is 0 Å². The first-order chi connectivity index (χ1) is 12.6. The summed E-state index contributed by atoms with van der Waals surface area (Å²) in [4.78, 5) is 19.4. The number of carbonyl (C=O) groups is 1. The van der Waals surface area contributed by atoms with Gasteiger partial charge in [-0.15, -0.1) is 6.58 Å². The topological polar surface area (TPSA) is 55.5 Å². The lowest BCUT2D eigenvalue weighted by Crippen LogP contribution is -2.60. The highest BCUT2D eigenvalue weighted by Crippen LogP contribution is 2.39. The predicted molar refractivity (Wildman–Crippen MR) is 102 cm³/mol. The minimum absolute atomic E-state index is 0.100. The van der Waals surface area contributed by atoms with Gasteiger partial charge < -0.3 is 4.90 Å². The SMILES string of the molecule is C=CCN1CC[C@]2(CCC1=O)CN(Cc1cc(C3CC3)n[nH]1)CCN2C. The Morgan fingerprint density at radius 3 is 2.96 bits per heavy atom. The van der Waals surface area contributed by atoms with E-state index in [4.69, 9.17) is 0 Å². The van der Waals surface area contributed by atoms with Crippen LogP contribution in [0.3, 0.4) is 0 Å². The molecule has 4 rings (SSSR count). The zero-order valence-corrected chi connectivity index (χ0v) is 15.9. The van der Waals surface area contributed by atoms with E-state index in [0.29, 0.717) is 18.9 Å². The number of hydrogen-bond donors (Lipinski definition) is 1. The third-order valence-electron chi connectivity index (χ3n) is 6.47. The number of nitrogens with zero attached hydrogens (tertiary/aromatic N) is 4. The first kappa shape index (κ1) is 17.7. The minimum atomic E-state index is 0.100. The van der Waals surface area contributed by atoms with Crippen molar-refractivity contribution in [2.75, 3.05) is 39.8 Å². The maximum absolute atomic E-state index is 12.4. The smallest absolute Gasteiger partial charge is 0.222 e. The van der Waals surface area contributed by atoms with E-state index in [1.165, 1.54) is 24.2 Å². The molecule has 142 valence electrons. The van der Waals surface area contributed by atoms with Crippen molar-refractivity contribution in [1.29, 1.82) is 0 Å². The molecule has 6 nitrogen and oxygen atoms in total. The fraction of sp³-hybridized carbons (Fsp3) is 0.700. The summed E-state index contributed by atoms with van der Waals surface area (Å²) in [7, 11) is 2.23. The van der Waals surface area contributed by atoms with Crippen molar-refractivity contribution in [3.8, 4) is 0 Å². The van der Waals surface area contributed by atoms with Crippen LogP contribution in [0.25, 0.3) is 0 Å². The van der Waals surface area contributed by atoms with Gasteiger partial charge >= 0.3 is 0 Å². The lowest BCUT2D eigenvalue weighted by atomic mass is 9.86. The van der Waals surface area contributed by atoms with Crippen molar-refractivity contribution >= 4 is 5.91 Å². The molecular weight excluding hydrogens is 326 g/mol. The molecule has 1 N–H and O–H groups in total. The maximum atomic E-state index is 12.4. The highest BCUT2D eigenvalue weighted by molar-refractivity contribution is 5.76. The second-order valence-corrected chi connectivity index (χ2v) is 8.33. The van der Waals surface area contributed by atoms with Crippen LogP contribution in [0.1, 0.15) is 49.4 Å². The van der Waals surface area contributed by atoms with Crippen LogP contribution in [0.5, 0.6) is 0 Å². The number of aromatic nitrogens is 2. The highest BCUT2D eigenvalue weighted by atomic mass is 16.2. The number of likely N-dealkylation sites (N-methyl/N-ethyl adjacent to an activating group) is 1. The maximum Gasteiger partial charge on any atom is 0.222 e. The number of aromatic amines is 1. The molecule has 2 saturated heterocycles. The van der Waals surface area contributed by atoms with Gasteiger partial charge in [0.05, 0.1) is 5.69 Å². The molecule has 1 saturated carbocycles. The van der Waals surface area contributed by atoms with Crippen LogP contribution in [0.15, 0.2) is 18.7 Å². The Bertz CT molecular complexity index is 667. The van der Waals surface area contributed by atoms with Gasteiger partial charge in [0, 0.05) is 62.8 Å². The fourth-order valence-electron chi connectivity index (χ4n) is 4.55. The van der Waals surface area contributed by atoms with E-state index in [1.54, 1.807) is 0 Å². The van der Waals surface area contributed by atoms with Crippen LogP contribution in [0.2, 0.25) is 0 Å². The van der Waals surface area contributed by atoms with Crippen LogP contribution in [-0.4, -0.2) is 76.1 Å². The van der Waals surface area contributed by atoms with Crippen molar-refractivity contribution in [3.05, 3.63) is 30.1 Å². The third kappa shape index (κ3) is 3.58. The lowest BCUT2D eigenvalue weighted by molar-refractivity contribution is -0.130. The molecule has 0 aromatic carbocycles. The summed E-state index contributed by atoms with van der Waals surface area (Å²) in [6.07, 6.45) is 7.04. The number of likely N-dealkylation sites (tertiary alicyclic amines) is 1. The van der Waals surface area contributed by atoms with Crippen LogP contribution in [0.4, 0.5) is 0 Å². The van der Waals surface area contributed by atoms with Gasteiger partial charge in [0.2, 0.25) is 5.91 Å². The Morgan fingerprint density at radius 1 is 1.35 bits per heavy atom. The number of carbonyl (C=O) groups excluding carboxylic acids is 1. The van der Waals surface area contributed by atoms with E-state index >= 15 is 0 Å². The second-order valence-electron chi connectivity index (χ2n) is 8.33. The van der Waals surface area contributed by atoms with Crippen LogP contribution < -0.4 is 0 Å². The normalized spacial score (nSPS) is 28.5. The van der Waals surface area contributed by atoms with Crippen molar-refractivity contribution in [3.63, 3.8) is 0 Å². The molecule has 1 atom stereocenters. The standard InChI is InChI=1S/C20H31N5O/c1-3-9-25-10-8-20(7-6-19(25)26)15-24(12-11-23(20)2)14-17-13-18(22-21-17)16-4-5-16/h3,13,16H,1,4-12,14-15H2,2H3,(H,21,22)/t20-/m1/s1. The number of amides is 1. The highest BCUT2D eigenvalue weighted by Gasteiger charge is 2.42. The quantitative estimate of drug-likeness (QED) is 0.819. The van der Waals surface area contributed by atoms with Crippen molar-refractivity contribution < 1.29 is 4.79 Å². The number of rotatable bonds is 5. The molecule has 3 aliphatic rings. The number of nitrogens with one attached hydrogen (secondary N) is 1. The molecule has 0 unspecified atom stereocenters. The summed E-state index contributed by atoms with van der Waals surface area (Å²) in [5.41, 5.74) is 2.57. The molecule has 1 spiro atoms. The van der Waals surface area contributed by atoms with Gasteiger partial charge in [0.1, 0.15) is 0 Å². The van der Waals surface area contributed by atoms with Gasteiger partial charge in [-0.2, -0.15) is 5.10 Å². The monoisotopic (exact) mass is 357 g/mol. The Balaban J connectivity index is 1.43. The molecule has 1 aromatic heterocycles. The summed E-state index contributed by atoms with van der Waals surface area (Å²) in [6.45, 7) is 9.37. The average Bonchev–Trinajstić information content (AvgIpc) is 3.40. The van der Waals surface area contributed by atoms with Gasteiger partial charge in [0.15, 0.2) is 0 Å². The van der Waals surface area contributed by atoms with Crippen molar-refractivity contribution in [2.24, 2.45) is 0 Å². The van der Waals surface area contributed by atoms with E-state index in [2.05, 4.69) is 39.7 Å². The van der Waals surface area contributed by atoms with Crippen LogP contribution in [-0.2, 0) is 11.3 Å². The second kappa shape index (κ2) is 7.16. The molecule has 0 radical (unpaired) electrons. The number of piperazine rings is 1. The summed E-state index contributed by atoms with van der Waals surface area (Å²) in [5, 5.41) is 7.74. The Hall–Kier alpha value is -1.66. The van der Waals surface area contributed by atoms with E-state index in [0.717, 1.165) is 45.6 Å². The van der Waals surface area contributed by atoms with Crippen LogP contribution in [0, 0.1) is 0 Å². The molecular formula is C20H31N5O. The molecule has 1 amide bonds. The summed E-state index contributed by atoms with van der Waals surface area (Å²) in [5.74, 6) is 0.970. The first-order valence-corrected chi connectivity index (χ1v) is 9.96. The van der Waals surface area contributed by atoms with Gasteiger partial charge in [-0.25, -0.2) is 0 Å². The first-order valence-electron chi connectivity index (χ1n) is 9.96. The van der Waals surface area contributed by atoms with E-state index in [1.807, 2.05) is 11.0 Å². The number of H-pyrrole nitrogens is 1. The van der Waals surface area contributed by atoms with Crippen molar-refractivity contribution in [1.82, 2.24) is 24.9 Å². The molecule has 6 heteroatoms. The molecule has 0 bridgehead atoms. The molecule has 2 aliphatic heterocycles. The number of hydrogen-bond acceptors (Lipinski definition) is 4. The lowest BCUT2D eigenvalue weighted by Gasteiger charge is -2.49. The Labute approximate surface area is 156 Å². The van der Waals surface area contributed by atoms with Gasteiger partial charge in [-0.1, -0.05) is 6.08 Å².